The third-order valence-corrected chi connectivity index (χ3v) is 4.48. The van der Waals surface area contributed by atoms with Gasteiger partial charge in [-0.2, -0.15) is 0 Å². The summed E-state index contributed by atoms with van der Waals surface area (Å²) in [5.41, 5.74) is 1.27. The van der Waals surface area contributed by atoms with Gasteiger partial charge in [-0.25, -0.2) is 4.90 Å². The van der Waals surface area contributed by atoms with Crippen LogP contribution in [0.2, 0.25) is 0 Å². The van der Waals surface area contributed by atoms with Gasteiger partial charge >= 0.3 is 0 Å². The second kappa shape index (κ2) is 7.44. The van der Waals surface area contributed by atoms with Crippen LogP contribution < -0.4 is 14.4 Å². The van der Waals surface area contributed by atoms with Gasteiger partial charge in [0, 0.05) is 0 Å². The summed E-state index contributed by atoms with van der Waals surface area (Å²) in [6.45, 7) is 2.51. The summed E-state index contributed by atoms with van der Waals surface area (Å²) in [6, 6.07) is 14.3. The van der Waals surface area contributed by atoms with Gasteiger partial charge in [0.2, 0.25) is 0 Å². The molecule has 2 aromatic carbocycles. The van der Waals surface area contributed by atoms with E-state index in [1.54, 1.807) is 30.3 Å². The molecule has 0 unspecified atom stereocenters. The average molecular weight is 355 g/mol. The van der Waals surface area contributed by atoms with Crippen molar-refractivity contribution in [3.63, 3.8) is 0 Å². The van der Waals surface area contributed by atoms with Crippen molar-refractivity contribution in [1.82, 2.24) is 0 Å². The lowest BCUT2D eigenvalue weighted by molar-refractivity contribution is -0.113. The molecule has 0 bridgehead atoms. The summed E-state index contributed by atoms with van der Waals surface area (Å²) in [5.74, 6) is 0.891. The van der Waals surface area contributed by atoms with Gasteiger partial charge in [0.05, 0.1) is 24.3 Å². The molecule has 1 fully saturated rings. The quantitative estimate of drug-likeness (QED) is 0.747. The zero-order valence-electron chi connectivity index (χ0n) is 13.9. The van der Waals surface area contributed by atoms with Gasteiger partial charge in [-0.05, 0) is 54.6 Å². The number of thioether (sulfide) groups is 1. The molecule has 1 aliphatic heterocycles. The molecule has 128 valence electrons. The number of carbonyl (C=O) groups excluding carboxylic acids is 2. The van der Waals surface area contributed by atoms with E-state index in [2.05, 4.69) is 0 Å². The number of nitrogens with zero attached hydrogens (tertiary/aromatic N) is 1. The Morgan fingerprint density at radius 1 is 1.08 bits per heavy atom. The van der Waals surface area contributed by atoms with E-state index < -0.39 is 0 Å². The maximum Gasteiger partial charge on any atom is 0.298 e. The molecule has 0 aromatic heterocycles. The minimum atomic E-state index is -0.353. The van der Waals surface area contributed by atoms with Crippen molar-refractivity contribution < 1.29 is 19.1 Å². The van der Waals surface area contributed by atoms with Crippen LogP contribution in [0.25, 0.3) is 6.08 Å². The van der Waals surface area contributed by atoms with Crippen LogP contribution in [0.4, 0.5) is 10.5 Å². The minimum Gasteiger partial charge on any atom is -0.495 e. The molecule has 6 heteroatoms. The molecular weight excluding hydrogens is 338 g/mol. The topological polar surface area (TPSA) is 55.8 Å². The van der Waals surface area contributed by atoms with E-state index in [0.717, 1.165) is 28.0 Å². The fourth-order valence-corrected chi connectivity index (χ4v) is 3.30. The SMILES string of the molecule is CCOc1ccc(/C=C2\SC(=O)N(c3ccccc3OC)C2=O)cc1. The molecule has 2 aromatic rings. The van der Waals surface area contributed by atoms with Crippen LogP contribution in [0.5, 0.6) is 11.5 Å². The Hall–Kier alpha value is -2.73. The number of ether oxygens (including phenoxy) is 2. The van der Waals surface area contributed by atoms with E-state index in [9.17, 15) is 9.59 Å². The second-order valence-corrected chi connectivity index (χ2v) is 6.18. The highest BCUT2D eigenvalue weighted by atomic mass is 32.2. The van der Waals surface area contributed by atoms with E-state index in [-0.39, 0.29) is 11.1 Å². The van der Waals surface area contributed by atoms with Crippen molar-refractivity contribution in [2.75, 3.05) is 18.6 Å². The van der Waals surface area contributed by atoms with Crippen LogP contribution in [-0.2, 0) is 4.79 Å². The van der Waals surface area contributed by atoms with Crippen molar-refractivity contribution in [1.29, 1.82) is 0 Å². The van der Waals surface area contributed by atoms with E-state index in [1.165, 1.54) is 7.11 Å². The number of anilines is 1. The zero-order chi connectivity index (χ0) is 17.8. The summed E-state index contributed by atoms with van der Waals surface area (Å²) in [6.07, 6.45) is 1.70. The Bertz CT molecular complexity index is 830. The summed E-state index contributed by atoms with van der Waals surface area (Å²) in [7, 11) is 1.51. The highest BCUT2D eigenvalue weighted by Crippen LogP contribution is 2.39. The number of carbonyl (C=O) groups is 2. The first-order valence-electron chi connectivity index (χ1n) is 7.78. The van der Waals surface area contributed by atoms with Crippen LogP contribution in [0.3, 0.4) is 0 Å². The lowest BCUT2D eigenvalue weighted by atomic mass is 10.2. The standard InChI is InChI=1S/C19H17NO4S/c1-3-24-14-10-8-13(9-11-14)12-17-18(21)20(19(22)25-17)15-6-4-5-7-16(15)23-2/h4-12H,3H2,1-2H3/b17-12-. The lowest BCUT2D eigenvalue weighted by Crippen LogP contribution is -2.28. The number of para-hydroxylation sites is 2. The first kappa shape index (κ1) is 17.1. The van der Waals surface area contributed by atoms with Crippen LogP contribution in [0.1, 0.15) is 12.5 Å². The van der Waals surface area contributed by atoms with Crippen molar-refractivity contribution >= 4 is 34.7 Å². The highest BCUT2D eigenvalue weighted by molar-refractivity contribution is 8.19. The van der Waals surface area contributed by atoms with Crippen molar-refractivity contribution in [2.24, 2.45) is 0 Å². The highest BCUT2D eigenvalue weighted by Gasteiger charge is 2.37. The molecule has 5 nitrogen and oxygen atoms in total. The molecule has 0 saturated carbocycles. The first-order chi connectivity index (χ1) is 12.1. The van der Waals surface area contributed by atoms with E-state index in [4.69, 9.17) is 9.47 Å². The van der Waals surface area contributed by atoms with Gasteiger partial charge in [-0.15, -0.1) is 0 Å². The maximum absolute atomic E-state index is 12.7. The molecule has 0 atom stereocenters. The number of hydrogen-bond donors (Lipinski definition) is 0. The number of amides is 2. The Balaban J connectivity index is 1.88. The molecule has 1 heterocycles. The molecule has 0 N–H and O–H groups in total. The van der Waals surface area contributed by atoms with Gasteiger partial charge in [-0.1, -0.05) is 24.3 Å². The largest absolute Gasteiger partial charge is 0.495 e. The molecule has 0 aliphatic carbocycles. The van der Waals surface area contributed by atoms with Crippen LogP contribution in [-0.4, -0.2) is 24.9 Å². The molecule has 2 amide bonds. The number of rotatable bonds is 5. The molecule has 1 aliphatic rings. The average Bonchev–Trinajstić information content (AvgIpc) is 2.90. The summed E-state index contributed by atoms with van der Waals surface area (Å²) in [5, 5.41) is -0.341. The summed E-state index contributed by atoms with van der Waals surface area (Å²) < 4.78 is 10.7. The maximum atomic E-state index is 12.7. The fraction of sp³-hybridized carbons (Fsp3) is 0.158. The molecule has 0 spiro atoms. The van der Waals surface area contributed by atoms with Gasteiger partial charge < -0.3 is 9.47 Å². The Labute approximate surface area is 150 Å². The third-order valence-electron chi connectivity index (χ3n) is 3.61. The fourth-order valence-electron chi connectivity index (χ4n) is 2.47. The van der Waals surface area contributed by atoms with Crippen molar-refractivity contribution in [3.05, 3.63) is 59.0 Å². The molecule has 1 saturated heterocycles. The molecule has 25 heavy (non-hydrogen) atoms. The van der Waals surface area contributed by atoms with Crippen LogP contribution in [0.15, 0.2) is 53.4 Å². The predicted molar refractivity (Wildman–Crippen MR) is 99.1 cm³/mol. The van der Waals surface area contributed by atoms with Crippen LogP contribution in [0, 0.1) is 0 Å². The van der Waals surface area contributed by atoms with Gasteiger partial charge in [-0.3, -0.25) is 9.59 Å². The predicted octanol–water partition coefficient (Wildman–Crippen LogP) is 4.33. The van der Waals surface area contributed by atoms with Gasteiger partial charge in [0.25, 0.3) is 11.1 Å². The normalized spacial score (nSPS) is 15.8. The van der Waals surface area contributed by atoms with Crippen LogP contribution >= 0.6 is 11.8 Å². The van der Waals surface area contributed by atoms with E-state index >= 15 is 0 Å². The Morgan fingerprint density at radius 3 is 2.48 bits per heavy atom. The number of hydrogen-bond acceptors (Lipinski definition) is 5. The number of benzene rings is 2. The minimum absolute atomic E-state index is 0.341. The lowest BCUT2D eigenvalue weighted by Gasteiger charge is -2.15. The van der Waals surface area contributed by atoms with Gasteiger partial charge in [0.1, 0.15) is 11.5 Å². The molecule has 0 radical (unpaired) electrons. The smallest absolute Gasteiger partial charge is 0.298 e. The Morgan fingerprint density at radius 2 is 1.80 bits per heavy atom. The summed E-state index contributed by atoms with van der Waals surface area (Å²) in [4.78, 5) is 26.6. The number of imide groups is 1. The van der Waals surface area contributed by atoms with Crippen molar-refractivity contribution in [3.8, 4) is 11.5 Å². The first-order valence-corrected chi connectivity index (χ1v) is 8.59. The number of methoxy groups -OCH3 is 1. The monoisotopic (exact) mass is 355 g/mol. The second-order valence-electron chi connectivity index (χ2n) is 5.19. The van der Waals surface area contributed by atoms with Crippen molar-refractivity contribution in [2.45, 2.75) is 6.92 Å². The molecular formula is C19H17NO4S. The van der Waals surface area contributed by atoms with Gasteiger partial charge in [0.15, 0.2) is 0 Å². The van der Waals surface area contributed by atoms with E-state index in [0.29, 0.717) is 22.9 Å². The third kappa shape index (κ3) is 3.53. The Kier molecular flexibility index (Phi) is 5.09. The van der Waals surface area contributed by atoms with E-state index in [1.807, 2.05) is 31.2 Å². The molecule has 3 rings (SSSR count). The zero-order valence-corrected chi connectivity index (χ0v) is 14.7. The summed E-state index contributed by atoms with van der Waals surface area (Å²) >= 11 is 0.917.